The predicted molar refractivity (Wildman–Crippen MR) is 60.3 cm³/mol. The van der Waals surface area contributed by atoms with Crippen LogP contribution in [0.1, 0.15) is 29.8 Å². The Balaban J connectivity index is 1.75. The molecular weight excluding hydrogens is 249 g/mol. The standard InChI is InChI=1S/C11H13F3N2S/c12-11(13,14)6-1-4-8-9(5-6)17-10(16-8)15-7-2-3-7/h6-7H,1-5H2,(H,15,16). The molecule has 1 unspecified atom stereocenters. The fourth-order valence-corrected chi connectivity index (χ4v) is 3.28. The van der Waals surface area contributed by atoms with E-state index in [1.54, 1.807) is 0 Å². The molecule has 0 saturated heterocycles. The molecule has 1 N–H and O–H groups in total. The maximum absolute atomic E-state index is 12.6. The summed E-state index contributed by atoms with van der Waals surface area (Å²) in [5.41, 5.74) is 0.874. The number of aryl methyl sites for hydroxylation is 1. The third-order valence-electron chi connectivity index (χ3n) is 3.31. The molecule has 2 nitrogen and oxygen atoms in total. The first-order valence-corrected chi connectivity index (χ1v) is 6.66. The number of aromatic nitrogens is 1. The SMILES string of the molecule is FC(F)(F)C1CCc2nc(NC3CC3)sc2C1. The van der Waals surface area contributed by atoms with Crippen molar-refractivity contribution in [1.82, 2.24) is 4.98 Å². The van der Waals surface area contributed by atoms with Crippen molar-refractivity contribution in [2.45, 2.75) is 44.3 Å². The van der Waals surface area contributed by atoms with Crippen molar-refractivity contribution in [1.29, 1.82) is 0 Å². The van der Waals surface area contributed by atoms with Crippen molar-refractivity contribution < 1.29 is 13.2 Å². The van der Waals surface area contributed by atoms with Crippen molar-refractivity contribution in [3.8, 4) is 0 Å². The molecule has 1 heterocycles. The van der Waals surface area contributed by atoms with Crippen LogP contribution in [0.4, 0.5) is 18.3 Å². The van der Waals surface area contributed by atoms with E-state index in [9.17, 15) is 13.2 Å². The van der Waals surface area contributed by atoms with Crippen LogP contribution < -0.4 is 5.32 Å². The molecule has 94 valence electrons. The molecule has 0 amide bonds. The van der Waals surface area contributed by atoms with Crippen LogP contribution >= 0.6 is 11.3 Å². The highest BCUT2D eigenvalue weighted by atomic mass is 32.1. The van der Waals surface area contributed by atoms with Gasteiger partial charge < -0.3 is 5.32 Å². The average Bonchev–Trinajstić information content (AvgIpc) is 2.95. The van der Waals surface area contributed by atoms with Gasteiger partial charge in [0.1, 0.15) is 0 Å². The van der Waals surface area contributed by atoms with Crippen LogP contribution in [0, 0.1) is 5.92 Å². The van der Waals surface area contributed by atoms with Crippen molar-refractivity contribution in [2.24, 2.45) is 5.92 Å². The topological polar surface area (TPSA) is 24.9 Å². The Bertz CT molecular complexity index is 423. The highest BCUT2D eigenvalue weighted by Crippen LogP contribution is 2.40. The van der Waals surface area contributed by atoms with Gasteiger partial charge in [-0.15, -0.1) is 11.3 Å². The van der Waals surface area contributed by atoms with Crippen LogP contribution in [0.25, 0.3) is 0 Å². The van der Waals surface area contributed by atoms with Crippen LogP contribution in [-0.2, 0) is 12.8 Å². The summed E-state index contributed by atoms with van der Waals surface area (Å²) in [5, 5.41) is 4.06. The molecular formula is C11H13F3N2S. The maximum Gasteiger partial charge on any atom is 0.392 e. The summed E-state index contributed by atoms with van der Waals surface area (Å²) < 4.78 is 37.9. The van der Waals surface area contributed by atoms with E-state index in [0.717, 1.165) is 28.5 Å². The number of hydrogen-bond donors (Lipinski definition) is 1. The minimum absolute atomic E-state index is 0.114. The molecule has 1 aromatic rings. The second kappa shape index (κ2) is 3.86. The quantitative estimate of drug-likeness (QED) is 0.883. The first-order chi connectivity index (χ1) is 8.02. The first kappa shape index (κ1) is 11.3. The van der Waals surface area contributed by atoms with Gasteiger partial charge in [-0.2, -0.15) is 13.2 Å². The lowest BCUT2D eigenvalue weighted by atomic mass is 9.91. The fraction of sp³-hybridized carbons (Fsp3) is 0.727. The Morgan fingerprint density at radius 3 is 2.65 bits per heavy atom. The summed E-state index contributed by atoms with van der Waals surface area (Å²) in [6.45, 7) is 0. The van der Waals surface area contributed by atoms with Crippen LogP contribution in [0.5, 0.6) is 0 Å². The zero-order valence-electron chi connectivity index (χ0n) is 9.18. The summed E-state index contributed by atoms with van der Waals surface area (Å²) in [5.74, 6) is -1.18. The van der Waals surface area contributed by atoms with E-state index >= 15 is 0 Å². The van der Waals surface area contributed by atoms with E-state index in [1.807, 2.05) is 0 Å². The molecule has 1 aromatic heterocycles. The normalized spacial score (nSPS) is 24.5. The Kier molecular flexibility index (Phi) is 2.57. The van der Waals surface area contributed by atoms with Crippen LogP contribution in [0.2, 0.25) is 0 Å². The number of thiazole rings is 1. The minimum Gasteiger partial charge on any atom is -0.359 e. The summed E-state index contributed by atoms with van der Waals surface area (Å²) in [6.07, 6.45) is -1.01. The van der Waals surface area contributed by atoms with Crippen LogP contribution in [-0.4, -0.2) is 17.2 Å². The summed E-state index contributed by atoms with van der Waals surface area (Å²) in [4.78, 5) is 5.21. The fourth-order valence-electron chi connectivity index (χ4n) is 2.12. The number of alkyl halides is 3. The summed E-state index contributed by atoms with van der Waals surface area (Å²) in [7, 11) is 0. The molecule has 1 atom stereocenters. The molecule has 2 aliphatic rings. The van der Waals surface area contributed by atoms with E-state index in [1.165, 1.54) is 11.3 Å². The highest BCUT2D eigenvalue weighted by molar-refractivity contribution is 7.15. The van der Waals surface area contributed by atoms with Crippen LogP contribution in [0.3, 0.4) is 0 Å². The second-order valence-electron chi connectivity index (χ2n) is 4.79. The molecule has 1 saturated carbocycles. The van der Waals surface area contributed by atoms with Crippen molar-refractivity contribution in [3.63, 3.8) is 0 Å². The van der Waals surface area contributed by atoms with Gasteiger partial charge in [-0.3, -0.25) is 0 Å². The number of anilines is 1. The smallest absolute Gasteiger partial charge is 0.359 e. The zero-order chi connectivity index (χ0) is 12.0. The van der Waals surface area contributed by atoms with E-state index in [0.29, 0.717) is 12.5 Å². The van der Waals surface area contributed by atoms with Crippen LogP contribution in [0.15, 0.2) is 0 Å². The van der Waals surface area contributed by atoms with E-state index in [2.05, 4.69) is 10.3 Å². The molecule has 3 rings (SSSR count). The lowest BCUT2D eigenvalue weighted by Crippen LogP contribution is -2.28. The Morgan fingerprint density at radius 2 is 2.00 bits per heavy atom. The van der Waals surface area contributed by atoms with Crippen molar-refractivity contribution in [3.05, 3.63) is 10.6 Å². The molecule has 0 radical (unpaired) electrons. The molecule has 0 bridgehead atoms. The minimum atomic E-state index is -4.06. The monoisotopic (exact) mass is 262 g/mol. The molecule has 0 spiro atoms. The van der Waals surface area contributed by atoms with Gasteiger partial charge in [0.25, 0.3) is 0 Å². The number of nitrogens with one attached hydrogen (secondary N) is 1. The number of hydrogen-bond acceptors (Lipinski definition) is 3. The molecule has 2 aliphatic carbocycles. The molecule has 1 fully saturated rings. The molecule has 0 aliphatic heterocycles. The van der Waals surface area contributed by atoms with Gasteiger partial charge >= 0.3 is 6.18 Å². The zero-order valence-corrected chi connectivity index (χ0v) is 10.00. The van der Waals surface area contributed by atoms with Gasteiger partial charge in [0.2, 0.25) is 0 Å². The second-order valence-corrected chi connectivity index (χ2v) is 5.87. The number of nitrogens with zero attached hydrogens (tertiary/aromatic N) is 1. The van der Waals surface area contributed by atoms with Gasteiger partial charge in [0, 0.05) is 10.9 Å². The first-order valence-electron chi connectivity index (χ1n) is 5.84. The third kappa shape index (κ3) is 2.41. The van der Waals surface area contributed by atoms with E-state index in [4.69, 9.17) is 0 Å². The molecule has 17 heavy (non-hydrogen) atoms. The maximum atomic E-state index is 12.6. The lowest BCUT2D eigenvalue weighted by molar-refractivity contribution is -0.176. The van der Waals surface area contributed by atoms with Gasteiger partial charge in [-0.05, 0) is 32.1 Å². The van der Waals surface area contributed by atoms with Gasteiger partial charge in [-0.1, -0.05) is 0 Å². The molecule has 0 aromatic carbocycles. The number of rotatable bonds is 2. The summed E-state index contributed by atoms with van der Waals surface area (Å²) >= 11 is 1.40. The Labute approximate surface area is 101 Å². The highest BCUT2D eigenvalue weighted by Gasteiger charge is 2.42. The van der Waals surface area contributed by atoms with Crippen molar-refractivity contribution in [2.75, 3.05) is 5.32 Å². The Morgan fingerprint density at radius 1 is 1.24 bits per heavy atom. The number of halogens is 3. The molecule has 6 heteroatoms. The predicted octanol–water partition coefficient (Wildman–Crippen LogP) is 3.38. The number of fused-ring (bicyclic) bond motifs is 1. The van der Waals surface area contributed by atoms with Gasteiger partial charge in [0.05, 0.1) is 11.6 Å². The van der Waals surface area contributed by atoms with Gasteiger partial charge in [0.15, 0.2) is 5.13 Å². The van der Waals surface area contributed by atoms with Gasteiger partial charge in [-0.25, -0.2) is 4.98 Å². The third-order valence-corrected chi connectivity index (χ3v) is 4.36. The Hall–Kier alpha value is -0.780. The lowest BCUT2D eigenvalue weighted by Gasteiger charge is -2.23. The van der Waals surface area contributed by atoms with Crippen molar-refractivity contribution >= 4 is 16.5 Å². The largest absolute Gasteiger partial charge is 0.392 e. The average molecular weight is 262 g/mol. The summed E-state index contributed by atoms with van der Waals surface area (Å²) in [6, 6.07) is 0.501. The van der Waals surface area contributed by atoms with E-state index in [-0.39, 0.29) is 12.8 Å². The van der Waals surface area contributed by atoms with E-state index < -0.39 is 12.1 Å².